The predicted octanol–water partition coefficient (Wildman–Crippen LogP) is 3.12. The Hall–Kier alpha value is -2.52. The van der Waals surface area contributed by atoms with Gasteiger partial charge in [0.1, 0.15) is 6.17 Å². The SMILES string of the molecule is CC(C)Nc1c(C(=O)NC[C@@H](F)C(C)(C)O)cnn2cc(-c3cncs3)cc12. The van der Waals surface area contributed by atoms with Gasteiger partial charge in [0.15, 0.2) is 0 Å². The van der Waals surface area contributed by atoms with Gasteiger partial charge in [-0.1, -0.05) is 0 Å². The number of carbonyl (C=O) groups excluding carboxylic acids is 1. The fraction of sp³-hybridized carbons (Fsp3) is 0.421. The molecule has 150 valence electrons. The first-order valence-electron chi connectivity index (χ1n) is 8.98. The summed E-state index contributed by atoms with van der Waals surface area (Å²) in [6.45, 7) is 6.38. The largest absolute Gasteiger partial charge is 0.387 e. The molecule has 0 spiro atoms. The number of aromatic nitrogens is 3. The molecule has 0 unspecified atom stereocenters. The van der Waals surface area contributed by atoms with Gasteiger partial charge in [0, 0.05) is 24.0 Å². The first kappa shape index (κ1) is 20.2. The van der Waals surface area contributed by atoms with E-state index in [4.69, 9.17) is 0 Å². The average molecular weight is 405 g/mol. The Morgan fingerprint density at radius 1 is 1.39 bits per heavy atom. The molecule has 1 atom stereocenters. The maximum atomic E-state index is 14.0. The third-order valence-corrected chi connectivity index (χ3v) is 5.06. The summed E-state index contributed by atoms with van der Waals surface area (Å²) in [6, 6.07) is 2.02. The quantitative estimate of drug-likeness (QED) is 0.562. The van der Waals surface area contributed by atoms with Crippen LogP contribution in [0.4, 0.5) is 10.1 Å². The van der Waals surface area contributed by atoms with E-state index in [-0.39, 0.29) is 12.6 Å². The van der Waals surface area contributed by atoms with E-state index in [9.17, 15) is 14.3 Å². The van der Waals surface area contributed by atoms with Crippen molar-refractivity contribution >= 4 is 28.4 Å². The van der Waals surface area contributed by atoms with Crippen molar-refractivity contribution in [3.8, 4) is 10.4 Å². The molecule has 28 heavy (non-hydrogen) atoms. The summed E-state index contributed by atoms with van der Waals surface area (Å²) in [5.74, 6) is -0.453. The van der Waals surface area contributed by atoms with Crippen LogP contribution in [-0.2, 0) is 0 Å². The predicted molar refractivity (Wildman–Crippen MR) is 109 cm³/mol. The van der Waals surface area contributed by atoms with Crippen LogP contribution in [0, 0.1) is 0 Å². The van der Waals surface area contributed by atoms with Crippen molar-refractivity contribution in [2.75, 3.05) is 11.9 Å². The Kier molecular flexibility index (Phi) is 5.66. The maximum Gasteiger partial charge on any atom is 0.255 e. The van der Waals surface area contributed by atoms with E-state index in [2.05, 4.69) is 20.7 Å². The van der Waals surface area contributed by atoms with Gasteiger partial charge in [-0.2, -0.15) is 5.10 Å². The van der Waals surface area contributed by atoms with Crippen LogP contribution in [-0.4, -0.2) is 50.0 Å². The molecular formula is C19H24FN5O2S. The summed E-state index contributed by atoms with van der Waals surface area (Å²) in [6.07, 6.45) is 3.53. The number of carbonyl (C=O) groups is 1. The molecule has 9 heteroatoms. The molecule has 3 aromatic rings. The van der Waals surface area contributed by atoms with Gasteiger partial charge >= 0.3 is 0 Å². The highest BCUT2D eigenvalue weighted by Gasteiger charge is 2.27. The monoisotopic (exact) mass is 405 g/mol. The minimum absolute atomic E-state index is 0.0739. The zero-order valence-corrected chi connectivity index (χ0v) is 17.0. The standard InChI is InChI=1S/C19H24FN5O2S/c1-11(2)24-17-13(18(26)22-8-16(20)19(3,4)27)6-23-25-9-12(5-14(17)25)15-7-21-10-28-15/h5-7,9-11,16,24,27H,8H2,1-4H3,(H,22,26)/t16-/m1/s1. The molecule has 3 rings (SSSR count). The van der Waals surface area contributed by atoms with E-state index in [0.717, 1.165) is 16.0 Å². The molecule has 3 N–H and O–H groups in total. The van der Waals surface area contributed by atoms with Crippen molar-refractivity contribution in [1.29, 1.82) is 0 Å². The van der Waals surface area contributed by atoms with Crippen molar-refractivity contribution in [2.24, 2.45) is 0 Å². The molecule has 0 bridgehead atoms. The summed E-state index contributed by atoms with van der Waals surface area (Å²) in [7, 11) is 0. The number of hydrogen-bond donors (Lipinski definition) is 3. The van der Waals surface area contributed by atoms with Gasteiger partial charge in [-0.25, -0.2) is 8.91 Å². The maximum absolute atomic E-state index is 14.0. The van der Waals surface area contributed by atoms with Crippen LogP contribution in [0.25, 0.3) is 16.0 Å². The van der Waals surface area contributed by atoms with Crippen molar-refractivity contribution in [1.82, 2.24) is 19.9 Å². The number of nitrogens with zero attached hydrogens (tertiary/aromatic N) is 3. The van der Waals surface area contributed by atoms with Crippen molar-refractivity contribution < 1.29 is 14.3 Å². The molecule has 0 aliphatic carbocycles. The van der Waals surface area contributed by atoms with Crippen LogP contribution >= 0.6 is 11.3 Å². The summed E-state index contributed by atoms with van der Waals surface area (Å²) in [4.78, 5) is 17.8. The van der Waals surface area contributed by atoms with Crippen molar-refractivity contribution in [2.45, 2.75) is 45.5 Å². The Morgan fingerprint density at radius 3 is 2.75 bits per heavy atom. The highest BCUT2D eigenvalue weighted by Crippen LogP contribution is 2.30. The summed E-state index contributed by atoms with van der Waals surface area (Å²) in [5.41, 5.74) is 2.86. The highest BCUT2D eigenvalue weighted by atomic mass is 32.1. The second-order valence-corrected chi connectivity index (χ2v) is 8.37. The van der Waals surface area contributed by atoms with Gasteiger partial charge in [0.05, 0.1) is 45.5 Å². The number of thiazole rings is 1. The Labute approximate surface area is 166 Å². The zero-order valence-electron chi connectivity index (χ0n) is 16.2. The molecule has 0 aliphatic heterocycles. The lowest BCUT2D eigenvalue weighted by Crippen LogP contribution is -2.42. The van der Waals surface area contributed by atoms with Gasteiger partial charge < -0.3 is 15.7 Å². The van der Waals surface area contributed by atoms with Gasteiger partial charge in [-0.15, -0.1) is 11.3 Å². The van der Waals surface area contributed by atoms with Gasteiger partial charge in [-0.05, 0) is 33.8 Å². The number of halogens is 1. The average Bonchev–Trinajstić information content (AvgIpc) is 3.27. The second kappa shape index (κ2) is 7.84. The van der Waals surface area contributed by atoms with E-state index in [1.54, 1.807) is 16.2 Å². The molecule has 7 nitrogen and oxygen atoms in total. The van der Waals surface area contributed by atoms with Crippen LogP contribution in [0.3, 0.4) is 0 Å². The number of hydrogen-bond acceptors (Lipinski definition) is 6. The Morgan fingerprint density at radius 2 is 2.14 bits per heavy atom. The van der Waals surface area contributed by atoms with Crippen molar-refractivity contribution in [3.05, 3.63) is 35.7 Å². The van der Waals surface area contributed by atoms with Crippen LogP contribution < -0.4 is 10.6 Å². The number of nitrogens with one attached hydrogen (secondary N) is 2. The van der Waals surface area contributed by atoms with E-state index in [0.29, 0.717) is 11.3 Å². The number of aliphatic hydroxyl groups is 1. The van der Waals surface area contributed by atoms with E-state index < -0.39 is 17.7 Å². The molecule has 0 saturated carbocycles. The smallest absolute Gasteiger partial charge is 0.255 e. The molecule has 0 fully saturated rings. The zero-order chi connectivity index (χ0) is 20.5. The lowest BCUT2D eigenvalue weighted by Gasteiger charge is -2.23. The first-order chi connectivity index (χ1) is 13.2. The summed E-state index contributed by atoms with van der Waals surface area (Å²) < 4.78 is 15.7. The summed E-state index contributed by atoms with van der Waals surface area (Å²) >= 11 is 1.52. The van der Waals surface area contributed by atoms with E-state index in [1.807, 2.05) is 26.1 Å². The first-order valence-corrected chi connectivity index (χ1v) is 9.86. The fourth-order valence-electron chi connectivity index (χ4n) is 2.69. The van der Waals surface area contributed by atoms with Crippen LogP contribution in [0.2, 0.25) is 0 Å². The van der Waals surface area contributed by atoms with Crippen LogP contribution in [0.5, 0.6) is 0 Å². The lowest BCUT2D eigenvalue weighted by molar-refractivity contribution is -0.00177. The van der Waals surface area contributed by atoms with Gasteiger partial charge in [0.2, 0.25) is 0 Å². The fourth-order valence-corrected chi connectivity index (χ4v) is 3.29. The lowest BCUT2D eigenvalue weighted by atomic mass is 10.0. The third kappa shape index (κ3) is 4.31. The molecule has 1 amide bonds. The molecule has 0 radical (unpaired) electrons. The molecule has 0 saturated heterocycles. The molecule has 0 aromatic carbocycles. The molecule has 3 aromatic heterocycles. The minimum Gasteiger partial charge on any atom is -0.387 e. The van der Waals surface area contributed by atoms with Crippen LogP contribution in [0.1, 0.15) is 38.1 Å². The summed E-state index contributed by atoms with van der Waals surface area (Å²) in [5, 5.41) is 19.9. The normalized spacial score (nSPS) is 13.1. The number of amides is 1. The van der Waals surface area contributed by atoms with Gasteiger partial charge in [-0.3, -0.25) is 9.78 Å². The third-order valence-electron chi connectivity index (χ3n) is 4.24. The Bertz CT molecular complexity index is 963. The second-order valence-electron chi connectivity index (χ2n) is 7.49. The molecular weight excluding hydrogens is 381 g/mol. The highest BCUT2D eigenvalue weighted by molar-refractivity contribution is 7.13. The molecule has 3 heterocycles. The number of anilines is 1. The van der Waals surface area contributed by atoms with E-state index >= 15 is 0 Å². The van der Waals surface area contributed by atoms with E-state index in [1.165, 1.54) is 31.4 Å². The van der Waals surface area contributed by atoms with Crippen LogP contribution in [0.15, 0.2) is 30.2 Å². The number of rotatable bonds is 7. The Balaban J connectivity index is 1.96. The van der Waals surface area contributed by atoms with Gasteiger partial charge in [0.25, 0.3) is 5.91 Å². The topological polar surface area (TPSA) is 91.5 Å². The number of fused-ring (bicyclic) bond motifs is 1. The minimum atomic E-state index is -1.58. The van der Waals surface area contributed by atoms with Crippen molar-refractivity contribution in [3.63, 3.8) is 0 Å². The molecule has 0 aliphatic rings. The number of alkyl halides is 1.